The molecule has 0 radical (unpaired) electrons. The number of aryl methyl sites for hydroxylation is 4. The molecule has 0 saturated heterocycles. The van der Waals surface area contributed by atoms with Crippen molar-refractivity contribution in [2.45, 2.75) is 67.0 Å². The summed E-state index contributed by atoms with van der Waals surface area (Å²) in [5.41, 5.74) is 7.11. The van der Waals surface area contributed by atoms with Crippen molar-refractivity contribution in [2.24, 2.45) is 0 Å². The number of hydrogen-bond acceptors (Lipinski definition) is 2. The van der Waals surface area contributed by atoms with Gasteiger partial charge in [-0.15, -0.1) is 0 Å². The van der Waals surface area contributed by atoms with E-state index in [2.05, 4.69) is 38.2 Å². The van der Waals surface area contributed by atoms with Crippen molar-refractivity contribution in [3.05, 3.63) is 63.7 Å². The number of rotatable bonds is 6. The molecule has 2 aromatic carbocycles. The molecule has 0 bridgehead atoms. The standard InChI is InChI=1S/C23H31NO2/c1-8-21(26-22-11-9-10-14(2)18(22)6)23(25)24-19(7)20-13-16(4)15(3)12-17(20)5/h9-13,19,21H,8H2,1-7H3,(H,24,25)/t19-,21-/m0/s1. The van der Waals surface area contributed by atoms with Crippen molar-refractivity contribution < 1.29 is 9.53 Å². The summed E-state index contributed by atoms with van der Waals surface area (Å²) in [4.78, 5) is 12.8. The molecule has 1 amide bonds. The average Bonchev–Trinajstić information content (AvgIpc) is 2.59. The molecule has 0 saturated carbocycles. The van der Waals surface area contributed by atoms with Gasteiger partial charge in [-0.25, -0.2) is 0 Å². The van der Waals surface area contributed by atoms with Crippen molar-refractivity contribution in [1.29, 1.82) is 0 Å². The van der Waals surface area contributed by atoms with E-state index in [9.17, 15) is 4.79 Å². The molecule has 0 aliphatic carbocycles. The van der Waals surface area contributed by atoms with Crippen molar-refractivity contribution in [1.82, 2.24) is 5.32 Å². The normalized spacial score (nSPS) is 13.2. The van der Waals surface area contributed by atoms with Crippen LogP contribution in [-0.4, -0.2) is 12.0 Å². The predicted molar refractivity (Wildman–Crippen MR) is 108 cm³/mol. The first-order chi connectivity index (χ1) is 12.2. The number of carbonyl (C=O) groups is 1. The minimum absolute atomic E-state index is 0.0574. The topological polar surface area (TPSA) is 38.3 Å². The second-order valence-electron chi connectivity index (χ2n) is 7.24. The van der Waals surface area contributed by atoms with Crippen molar-refractivity contribution in [3.63, 3.8) is 0 Å². The lowest BCUT2D eigenvalue weighted by molar-refractivity contribution is -0.128. The number of carbonyl (C=O) groups excluding carboxylic acids is 1. The largest absolute Gasteiger partial charge is 0.480 e. The lowest BCUT2D eigenvalue weighted by atomic mass is 9.96. The predicted octanol–water partition coefficient (Wildman–Crippen LogP) is 5.26. The first kappa shape index (κ1) is 20.0. The molecule has 0 heterocycles. The molecule has 0 aromatic heterocycles. The Morgan fingerprint density at radius 1 is 1.00 bits per heavy atom. The van der Waals surface area contributed by atoms with Gasteiger partial charge in [0.15, 0.2) is 6.10 Å². The third kappa shape index (κ3) is 4.46. The highest BCUT2D eigenvalue weighted by Crippen LogP contribution is 2.24. The highest BCUT2D eigenvalue weighted by Gasteiger charge is 2.22. The van der Waals surface area contributed by atoms with Gasteiger partial charge in [0.2, 0.25) is 0 Å². The Balaban J connectivity index is 2.14. The summed E-state index contributed by atoms with van der Waals surface area (Å²) in [7, 11) is 0. The monoisotopic (exact) mass is 353 g/mol. The highest BCUT2D eigenvalue weighted by atomic mass is 16.5. The molecule has 0 spiro atoms. The Hall–Kier alpha value is -2.29. The third-order valence-corrected chi connectivity index (χ3v) is 5.20. The molecule has 3 heteroatoms. The first-order valence-corrected chi connectivity index (χ1v) is 9.35. The maximum absolute atomic E-state index is 12.8. The Morgan fingerprint density at radius 2 is 1.65 bits per heavy atom. The lowest BCUT2D eigenvalue weighted by Crippen LogP contribution is -2.39. The number of benzene rings is 2. The Labute approximate surface area is 157 Å². The Kier molecular flexibility index (Phi) is 6.47. The number of amides is 1. The van der Waals surface area contributed by atoms with Gasteiger partial charge in [-0.1, -0.05) is 31.2 Å². The van der Waals surface area contributed by atoms with Gasteiger partial charge in [0.05, 0.1) is 6.04 Å². The van der Waals surface area contributed by atoms with E-state index in [1.807, 2.05) is 45.9 Å². The van der Waals surface area contributed by atoms with Crippen LogP contribution >= 0.6 is 0 Å². The zero-order valence-corrected chi connectivity index (χ0v) is 17.1. The molecule has 0 aliphatic heterocycles. The van der Waals surface area contributed by atoms with E-state index in [4.69, 9.17) is 4.74 Å². The Morgan fingerprint density at radius 3 is 2.31 bits per heavy atom. The van der Waals surface area contributed by atoms with Crippen LogP contribution in [0.5, 0.6) is 5.75 Å². The third-order valence-electron chi connectivity index (χ3n) is 5.20. The molecule has 2 atom stereocenters. The van der Waals surface area contributed by atoms with Crippen LogP contribution in [0.3, 0.4) is 0 Å². The van der Waals surface area contributed by atoms with Crippen molar-refractivity contribution in [2.75, 3.05) is 0 Å². The summed E-state index contributed by atoms with van der Waals surface area (Å²) < 4.78 is 6.03. The Bertz CT molecular complexity index is 795. The van der Waals surface area contributed by atoms with E-state index >= 15 is 0 Å². The van der Waals surface area contributed by atoms with Gasteiger partial charge >= 0.3 is 0 Å². The summed E-state index contributed by atoms with van der Waals surface area (Å²) in [6.45, 7) is 14.4. The van der Waals surface area contributed by atoms with E-state index in [1.165, 1.54) is 16.7 Å². The molecule has 2 aromatic rings. The maximum Gasteiger partial charge on any atom is 0.261 e. The molecule has 140 valence electrons. The number of ether oxygens (including phenoxy) is 1. The van der Waals surface area contributed by atoms with Crippen LogP contribution < -0.4 is 10.1 Å². The van der Waals surface area contributed by atoms with Crippen LogP contribution in [0.4, 0.5) is 0 Å². The molecule has 0 fully saturated rings. The van der Waals surface area contributed by atoms with Crippen LogP contribution in [0, 0.1) is 34.6 Å². The van der Waals surface area contributed by atoms with E-state index in [-0.39, 0.29) is 11.9 Å². The van der Waals surface area contributed by atoms with Crippen LogP contribution in [0.2, 0.25) is 0 Å². The molecule has 26 heavy (non-hydrogen) atoms. The zero-order chi connectivity index (χ0) is 19.4. The van der Waals surface area contributed by atoms with Crippen molar-refractivity contribution >= 4 is 5.91 Å². The molecule has 0 aliphatic rings. The zero-order valence-electron chi connectivity index (χ0n) is 17.1. The van der Waals surface area contributed by atoms with Gasteiger partial charge in [-0.2, -0.15) is 0 Å². The fraction of sp³-hybridized carbons (Fsp3) is 0.435. The van der Waals surface area contributed by atoms with E-state index in [0.717, 1.165) is 22.4 Å². The van der Waals surface area contributed by atoms with Gasteiger partial charge in [0, 0.05) is 0 Å². The number of hydrogen-bond donors (Lipinski definition) is 1. The summed E-state index contributed by atoms with van der Waals surface area (Å²) in [5, 5.41) is 3.13. The van der Waals surface area contributed by atoms with E-state index in [0.29, 0.717) is 6.42 Å². The molecule has 0 unspecified atom stereocenters. The van der Waals surface area contributed by atoms with Crippen LogP contribution in [-0.2, 0) is 4.79 Å². The van der Waals surface area contributed by atoms with Gasteiger partial charge in [-0.05, 0) is 87.4 Å². The number of nitrogens with one attached hydrogen (secondary N) is 1. The molecule has 2 rings (SSSR count). The molecule has 1 N–H and O–H groups in total. The molecular formula is C23H31NO2. The van der Waals surface area contributed by atoms with Gasteiger partial charge in [0.1, 0.15) is 5.75 Å². The minimum Gasteiger partial charge on any atom is -0.480 e. The quantitative estimate of drug-likeness (QED) is 0.769. The highest BCUT2D eigenvalue weighted by molar-refractivity contribution is 5.81. The fourth-order valence-electron chi connectivity index (χ4n) is 3.16. The first-order valence-electron chi connectivity index (χ1n) is 9.35. The van der Waals surface area contributed by atoms with Crippen molar-refractivity contribution in [3.8, 4) is 5.75 Å². The van der Waals surface area contributed by atoms with Gasteiger partial charge in [0.25, 0.3) is 5.91 Å². The fourth-order valence-corrected chi connectivity index (χ4v) is 3.16. The van der Waals surface area contributed by atoms with Gasteiger partial charge < -0.3 is 10.1 Å². The van der Waals surface area contributed by atoms with E-state index in [1.54, 1.807) is 0 Å². The molecule has 3 nitrogen and oxygen atoms in total. The minimum atomic E-state index is -0.496. The summed E-state index contributed by atoms with van der Waals surface area (Å²) in [5.74, 6) is 0.709. The van der Waals surface area contributed by atoms with Crippen LogP contribution in [0.15, 0.2) is 30.3 Å². The summed E-state index contributed by atoms with van der Waals surface area (Å²) >= 11 is 0. The van der Waals surface area contributed by atoms with Crippen LogP contribution in [0.1, 0.15) is 59.7 Å². The smallest absolute Gasteiger partial charge is 0.261 e. The average molecular weight is 354 g/mol. The second kappa shape index (κ2) is 8.39. The SMILES string of the molecule is CC[C@H](Oc1cccc(C)c1C)C(=O)N[C@@H](C)c1cc(C)c(C)cc1C. The lowest BCUT2D eigenvalue weighted by Gasteiger charge is -2.23. The van der Waals surface area contributed by atoms with Crippen LogP contribution in [0.25, 0.3) is 0 Å². The second-order valence-corrected chi connectivity index (χ2v) is 7.24. The summed E-state index contributed by atoms with van der Waals surface area (Å²) in [6.07, 6.45) is 0.127. The summed E-state index contributed by atoms with van der Waals surface area (Å²) in [6, 6.07) is 10.2. The molecular weight excluding hydrogens is 322 g/mol. The maximum atomic E-state index is 12.8. The van der Waals surface area contributed by atoms with E-state index < -0.39 is 6.10 Å². The van der Waals surface area contributed by atoms with Gasteiger partial charge in [-0.3, -0.25) is 4.79 Å².